The predicted molar refractivity (Wildman–Crippen MR) is 71.5 cm³/mol. The van der Waals surface area contributed by atoms with Gasteiger partial charge in [-0.05, 0) is 26.0 Å². The molecular weight excluding hydrogens is 234 g/mol. The highest BCUT2D eigenvalue weighted by atomic mass is 35.5. The van der Waals surface area contributed by atoms with Crippen LogP contribution in [0.25, 0.3) is 11.3 Å². The average molecular weight is 248 g/mol. The molecule has 0 aliphatic heterocycles. The second-order valence-electron chi connectivity index (χ2n) is 3.85. The van der Waals surface area contributed by atoms with Gasteiger partial charge in [0.25, 0.3) is 0 Å². The highest BCUT2D eigenvalue weighted by molar-refractivity contribution is 6.30. The summed E-state index contributed by atoms with van der Waals surface area (Å²) in [5.74, 6) is 0.773. The molecule has 2 rings (SSSR count). The van der Waals surface area contributed by atoms with Crippen molar-refractivity contribution in [3.63, 3.8) is 0 Å². The molecule has 88 valence electrons. The first kappa shape index (κ1) is 11.9. The zero-order chi connectivity index (χ0) is 12.4. The Morgan fingerprint density at radius 1 is 1.12 bits per heavy atom. The smallest absolute Gasteiger partial charge is 0.152 e. The average Bonchev–Trinajstić information content (AvgIpc) is 2.32. The van der Waals surface area contributed by atoms with Crippen LogP contribution in [0.4, 0.5) is 5.82 Å². The van der Waals surface area contributed by atoms with Crippen LogP contribution in [0.2, 0.25) is 5.02 Å². The summed E-state index contributed by atoms with van der Waals surface area (Å²) in [6.45, 7) is 3.90. The summed E-state index contributed by atoms with van der Waals surface area (Å²) in [6, 6.07) is 7.62. The van der Waals surface area contributed by atoms with Crippen LogP contribution in [0.5, 0.6) is 0 Å². The monoisotopic (exact) mass is 247 g/mol. The molecule has 1 aromatic heterocycles. The quantitative estimate of drug-likeness (QED) is 0.883. The molecule has 0 radical (unpaired) electrons. The van der Waals surface area contributed by atoms with Crippen LogP contribution in [-0.4, -0.2) is 17.0 Å². The lowest BCUT2D eigenvalue weighted by Crippen LogP contribution is -2.02. The number of aryl methyl sites for hydroxylation is 2. The van der Waals surface area contributed by atoms with E-state index in [1.165, 1.54) is 0 Å². The molecule has 0 spiro atoms. The Bertz CT molecular complexity index is 552. The summed E-state index contributed by atoms with van der Waals surface area (Å²) in [6.07, 6.45) is 0. The summed E-state index contributed by atoms with van der Waals surface area (Å²) in [5, 5.41) is 3.76. The normalized spacial score (nSPS) is 10.4. The fraction of sp³-hybridized carbons (Fsp3) is 0.231. The van der Waals surface area contributed by atoms with Crippen molar-refractivity contribution in [3.8, 4) is 11.3 Å². The highest BCUT2D eigenvalue weighted by Gasteiger charge is 2.10. The van der Waals surface area contributed by atoms with Gasteiger partial charge in [-0.1, -0.05) is 23.7 Å². The van der Waals surface area contributed by atoms with Crippen molar-refractivity contribution >= 4 is 17.4 Å². The predicted octanol–water partition coefficient (Wildman–Crippen LogP) is 3.46. The number of rotatable bonds is 2. The van der Waals surface area contributed by atoms with Gasteiger partial charge in [0, 0.05) is 17.6 Å². The van der Waals surface area contributed by atoms with Crippen molar-refractivity contribution in [2.75, 3.05) is 12.4 Å². The van der Waals surface area contributed by atoms with Gasteiger partial charge in [0.2, 0.25) is 0 Å². The maximum atomic E-state index is 5.99. The van der Waals surface area contributed by atoms with E-state index in [2.05, 4.69) is 15.3 Å². The molecule has 1 N–H and O–H groups in total. The van der Waals surface area contributed by atoms with E-state index >= 15 is 0 Å². The number of benzene rings is 1. The number of nitrogens with one attached hydrogen (secondary N) is 1. The fourth-order valence-electron chi connectivity index (χ4n) is 1.61. The SMILES string of the molecule is CNc1nc(C)c(C)nc1-c1cccc(Cl)c1. The lowest BCUT2D eigenvalue weighted by Gasteiger charge is -2.10. The number of anilines is 1. The Morgan fingerprint density at radius 2 is 1.82 bits per heavy atom. The van der Waals surface area contributed by atoms with Crippen LogP contribution in [-0.2, 0) is 0 Å². The molecule has 1 heterocycles. The molecule has 0 aliphatic rings. The van der Waals surface area contributed by atoms with Gasteiger partial charge in [0.15, 0.2) is 5.82 Å². The minimum atomic E-state index is 0.699. The number of hydrogen-bond donors (Lipinski definition) is 1. The van der Waals surface area contributed by atoms with Crippen molar-refractivity contribution in [2.24, 2.45) is 0 Å². The van der Waals surface area contributed by atoms with Crippen LogP contribution >= 0.6 is 11.6 Å². The topological polar surface area (TPSA) is 37.8 Å². The molecule has 0 unspecified atom stereocenters. The Labute approximate surface area is 106 Å². The highest BCUT2D eigenvalue weighted by Crippen LogP contribution is 2.27. The number of aromatic nitrogens is 2. The van der Waals surface area contributed by atoms with Crippen LogP contribution in [0, 0.1) is 13.8 Å². The van der Waals surface area contributed by atoms with E-state index in [4.69, 9.17) is 11.6 Å². The van der Waals surface area contributed by atoms with Gasteiger partial charge in [0.1, 0.15) is 5.69 Å². The minimum absolute atomic E-state index is 0.699. The van der Waals surface area contributed by atoms with E-state index in [0.717, 1.165) is 28.5 Å². The molecule has 3 nitrogen and oxygen atoms in total. The lowest BCUT2D eigenvalue weighted by atomic mass is 10.1. The molecule has 0 bridgehead atoms. The second-order valence-corrected chi connectivity index (χ2v) is 4.29. The van der Waals surface area contributed by atoms with Crippen molar-refractivity contribution in [3.05, 3.63) is 40.7 Å². The molecule has 0 aliphatic carbocycles. The van der Waals surface area contributed by atoms with Crippen molar-refractivity contribution in [1.29, 1.82) is 0 Å². The van der Waals surface area contributed by atoms with Crippen LogP contribution in [0.3, 0.4) is 0 Å². The van der Waals surface area contributed by atoms with E-state index in [9.17, 15) is 0 Å². The first-order valence-electron chi connectivity index (χ1n) is 5.40. The molecule has 0 fully saturated rings. The van der Waals surface area contributed by atoms with Gasteiger partial charge >= 0.3 is 0 Å². The lowest BCUT2D eigenvalue weighted by molar-refractivity contribution is 1.05. The maximum Gasteiger partial charge on any atom is 0.152 e. The van der Waals surface area contributed by atoms with Crippen LogP contribution < -0.4 is 5.32 Å². The Kier molecular flexibility index (Phi) is 3.29. The molecule has 0 saturated carbocycles. The number of hydrogen-bond acceptors (Lipinski definition) is 3. The summed E-state index contributed by atoms with van der Waals surface area (Å²) < 4.78 is 0. The maximum absolute atomic E-state index is 5.99. The molecule has 1 aromatic carbocycles. The number of nitrogens with zero attached hydrogens (tertiary/aromatic N) is 2. The summed E-state index contributed by atoms with van der Waals surface area (Å²) in [7, 11) is 1.84. The zero-order valence-corrected chi connectivity index (χ0v) is 10.8. The second kappa shape index (κ2) is 4.72. The van der Waals surface area contributed by atoms with E-state index in [1.54, 1.807) is 0 Å². The first-order chi connectivity index (χ1) is 8.11. The standard InChI is InChI=1S/C13H14ClN3/c1-8-9(2)17-13(15-3)12(16-8)10-5-4-6-11(14)7-10/h4-7H,1-3H3,(H,15,17). The van der Waals surface area contributed by atoms with Crippen molar-refractivity contribution in [1.82, 2.24) is 9.97 Å². The molecule has 4 heteroatoms. The summed E-state index contributed by atoms with van der Waals surface area (Å²) in [4.78, 5) is 9.05. The van der Waals surface area contributed by atoms with Gasteiger partial charge in [-0.3, -0.25) is 0 Å². The van der Waals surface area contributed by atoms with E-state index in [0.29, 0.717) is 5.02 Å². The van der Waals surface area contributed by atoms with E-state index < -0.39 is 0 Å². The molecule has 0 atom stereocenters. The molecule has 2 aromatic rings. The van der Waals surface area contributed by atoms with Gasteiger partial charge < -0.3 is 5.32 Å². The molecular formula is C13H14ClN3. The fourth-order valence-corrected chi connectivity index (χ4v) is 1.80. The Hall–Kier alpha value is -1.61. The van der Waals surface area contributed by atoms with Gasteiger partial charge in [-0.2, -0.15) is 0 Å². The third kappa shape index (κ3) is 2.39. The van der Waals surface area contributed by atoms with Crippen molar-refractivity contribution in [2.45, 2.75) is 13.8 Å². The summed E-state index contributed by atoms with van der Waals surface area (Å²) in [5.41, 5.74) is 3.66. The Morgan fingerprint density at radius 3 is 2.47 bits per heavy atom. The third-order valence-corrected chi connectivity index (χ3v) is 2.88. The van der Waals surface area contributed by atoms with Gasteiger partial charge in [-0.25, -0.2) is 9.97 Å². The first-order valence-corrected chi connectivity index (χ1v) is 5.78. The largest absolute Gasteiger partial charge is 0.371 e. The molecule has 17 heavy (non-hydrogen) atoms. The van der Waals surface area contributed by atoms with E-state index in [1.807, 2.05) is 45.2 Å². The van der Waals surface area contributed by atoms with Gasteiger partial charge in [0.05, 0.1) is 11.4 Å². The number of halogens is 1. The summed E-state index contributed by atoms with van der Waals surface area (Å²) >= 11 is 5.99. The molecule has 0 amide bonds. The van der Waals surface area contributed by atoms with E-state index in [-0.39, 0.29) is 0 Å². The van der Waals surface area contributed by atoms with Crippen LogP contribution in [0.15, 0.2) is 24.3 Å². The van der Waals surface area contributed by atoms with Gasteiger partial charge in [-0.15, -0.1) is 0 Å². The van der Waals surface area contributed by atoms with Crippen LogP contribution in [0.1, 0.15) is 11.4 Å². The zero-order valence-electron chi connectivity index (χ0n) is 10.1. The third-order valence-electron chi connectivity index (χ3n) is 2.64. The minimum Gasteiger partial charge on any atom is -0.371 e. The molecule has 0 saturated heterocycles. The van der Waals surface area contributed by atoms with Crippen molar-refractivity contribution < 1.29 is 0 Å². The Balaban J connectivity index is 2.62.